The Balaban J connectivity index is 0.00000397. The molecule has 6 aromatic carbocycles. The van der Waals surface area contributed by atoms with Crippen LogP contribution in [-0.2, 0) is 21.1 Å². The van der Waals surface area contributed by atoms with Crippen molar-refractivity contribution < 1.29 is 30.4 Å². The molecule has 6 nitrogen and oxygen atoms in total. The van der Waals surface area contributed by atoms with Crippen LogP contribution >= 0.6 is 0 Å². The van der Waals surface area contributed by atoms with Gasteiger partial charge in [-0.05, 0) is 61.4 Å². The molecule has 55 heavy (non-hydrogen) atoms. The molecule has 9 heteroatoms. The molecule has 0 saturated carbocycles. The maximum Gasteiger partial charge on any atom is 0.420 e. The molecule has 0 radical (unpaired) electrons. The van der Waals surface area contributed by atoms with Crippen LogP contribution in [0.25, 0.3) is 22.4 Å². The van der Waals surface area contributed by atoms with Gasteiger partial charge in [-0.3, -0.25) is 4.57 Å². The monoisotopic (exact) mass is 908 g/mol. The molecule has 0 N–H and O–H groups in total. The molecule has 0 saturated heterocycles. The summed E-state index contributed by atoms with van der Waals surface area (Å²) in [6, 6.07) is 56.0. The summed E-state index contributed by atoms with van der Waals surface area (Å²) in [4.78, 5) is 9.65. The summed E-state index contributed by atoms with van der Waals surface area (Å²) in [5.74, 6) is 2.10. The SMILES string of the molecule is Cc1cccc(C)c1B1N(c2ccccc2)c2cccnc2N1c1[c-]c(Oc2[c-]c3c(cc2)[Si](C)(C)c2cccc4c2n-3[c-][n+]4-c2ccccc2)ccc1.[Pt]. The van der Waals surface area contributed by atoms with Gasteiger partial charge < -0.3 is 18.9 Å². The van der Waals surface area contributed by atoms with Crippen LogP contribution in [0.3, 0.4) is 0 Å². The van der Waals surface area contributed by atoms with Gasteiger partial charge in [-0.2, -0.15) is 12.1 Å². The maximum atomic E-state index is 6.69. The molecule has 0 bridgehead atoms. The maximum absolute atomic E-state index is 6.69. The molecular formula is C46H36BN5OPtSi-2. The number of hydrogen-bond acceptors (Lipinski definition) is 4. The normalized spacial score (nSPS) is 13.7. The number of aromatic nitrogens is 3. The Morgan fingerprint density at radius 1 is 0.673 bits per heavy atom. The van der Waals surface area contributed by atoms with Crippen LogP contribution in [0.2, 0.25) is 13.1 Å². The fourth-order valence-electron chi connectivity index (χ4n) is 8.43. The van der Waals surface area contributed by atoms with E-state index in [0.717, 1.165) is 39.8 Å². The second-order valence-corrected chi connectivity index (χ2v) is 18.9. The average molecular weight is 909 g/mol. The molecule has 2 aromatic heterocycles. The van der Waals surface area contributed by atoms with Gasteiger partial charge in [-0.15, -0.1) is 35.5 Å². The van der Waals surface area contributed by atoms with Gasteiger partial charge in [0.2, 0.25) is 0 Å². The van der Waals surface area contributed by atoms with E-state index in [1.54, 1.807) is 0 Å². The number of hydrogen-bond donors (Lipinski definition) is 0. The summed E-state index contributed by atoms with van der Waals surface area (Å²) < 4.78 is 11.0. The molecule has 2 aliphatic heterocycles. The van der Waals surface area contributed by atoms with E-state index in [1.807, 2.05) is 30.5 Å². The minimum Gasteiger partial charge on any atom is -0.510 e. The molecule has 2 aliphatic rings. The van der Waals surface area contributed by atoms with Gasteiger partial charge in [-0.1, -0.05) is 108 Å². The number of pyridine rings is 1. The van der Waals surface area contributed by atoms with Gasteiger partial charge >= 0.3 is 6.98 Å². The van der Waals surface area contributed by atoms with Gasteiger partial charge in [-0.25, -0.2) is 4.98 Å². The first-order chi connectivity index (χ1) is 26.4. The van der Waals surface area contributed by atoms with E-state index in [4.69, 9.17) is 9.72 Å². The molecule has 8 aromatic rings. The van der Waals surface area contributed by atoms with E-state index < -0.39 is 8.07 Å². The minimum atomic E-state index is -2.08. The summed E-state index contributed by atoms with van der Waals surface area (Å²) in [6.45, 7) is 9.02. The fraction of sp³-hybridized carbons (Fsp3) is 0.0870. The smallest absolute Gasteiger partial charge is 0.420 e. The number of ether oxygens (including phenoxy) is 1. The summed E-state index contributed by atoms with van der Waals surface area (Å²) in [5.41, 5.74) is 11.0. The summed E-state index contributed by atoms with van der Waals surface area (Å²) in [7, 11) is -2.08. The number of imidazole rings is 1. The second kappa shape index (κ2) is 13.6. The second-order valence-electron chi connectivity index (χ2n) is 14.6. The Bertz CT molecular complexity index is 2720. The number of nitrogens with zero attached hydrogens (tertiary/aromatic N) is 5. The van der Waals surface area contributed by atoms with Gasteiger partial charge in [0.25, 0.3) is 6.33 Å². The molecule has 4 heterocycles. The van der Waals surface area contributed by atoms with Gasteiger partial charge in [0.15, 0.2) is 0 Å². The fourth-order valence-corrected chi connectivity index (χ4v) is 11.3. The minimum absolute atomic E-state index is 0. The van der Waals surface area contributed by atoms with Gasteiger partial charge in [0, 0.05) is 52.5 Å². The Kier molecular flexibility index (Phi) is 8.64. The standard InChI is InChI=1S/C46H36BN5OSi.Pt/c1-32-15-11-16-33(2)44(32)47-51(35-19-9-6-10-20-35)40-24-14-28-48-46(40)52(47)36-21-12-22-37(29-36)53-38-26-27-42-41(30-38)50-31-49(34-17-7-5-8-18-34)39-23-13-25-43(45(39)50)54(42,3)4;/h5-28H,1-4H3;/q-2;. The van der Waals surface area contributed by atoms with Crippen molar-refractivity contribution in [2.45, 2.75) is 26.9 Å². The third-order valence-corrected chi connectivity index (χ3v) is 14.5. The van der Waals surface area contributed by atoms with Crippen LogP contribution in [0.1, 0.15) is 11.1 Å². The Morgan fingerprint density at radius 3 is 2.16 bits per heavy atom. The molecule has 0 atom stereocenters. The van der Waals surface area contributed by atoms with E-state index in [9.17, 15) is 0 Å². The summed E-state index contributed by atoms with van der Waals surface area (Å²) >= 11 is 0. The van der Waals surface area contributed by atoms with Crippen molar-refractivity contribution in [1.29, 1.82) is 0 Å². The Labute approximate surface area is 337 Å². The Hall–Kier alpha value is -5.69. The first kappa shape index (κ1) is 35.0. The zero-order valence-corrected chi connectivity index (χ0v) is 34.2. The first-order valence-corrected chi connectivity index (χ1v) is 21.4. The van der Waals surface area contributed by atoms with Crippen LogP contribution in [0.4, 0.5) is 22.9 Å². The predicted octanol–water partition coefficient (Wildman–Crippen LogP) is 7.93. The summed E-state index contributed by atoms with van der Waals surface area (Å²) in [6.07, 6.45) is 5.54. The quantitative estimate of drug-likeness (QED) is 0.0967. The van der Waals surface area contributed by atoms with E-state index in [2.05, 4.69) is 179 Å². The molecule has 0 spiro atoms. The van der Waals surface area contributed by atoms with Crippen molar-refractivity contribution >= 4 is 64.8 Å². The zero-order chi connectivity index (χ0) is 36.6. The molecular weight excluding hydrogens is 873 g/mol. The van der Waals surface area contributed by atoms with E-state index in [1.165, 1.54) is 32.5 Å². The van der Waals surface area contributed by atoms with E-state index in [-0.39, 0.29) is 28.0 Å². The van der Waals surface area contributed by atoms with Crippen LogP contribution in [0, 0.1) is 32.3 Å². The van der Waals surface area contributed by atoms with Gasteiger partial charge in [0.1, 0.15) is 5.82 Å². The van der Waals surface area contributed by atoms with Crippen molar-refractivity contribution in [1.82, 2.24) is 9.55 Å². The molecule has 0 fully saturated rings. The molecule has 0 unspecified atom stereocenters. The van der Waals surface area contributed by atoms with E-state index in [0.29, 0.717) is 11.5 Å². The van der Waals surface area contributed by atoms with Crippen LogP contribution in [0.5, 0.6) is 11.5 Å². The van der Waals surface area contributed by atoms with Crippen LogP contribution in [0.15, 0.2) is 146 Å². The number of benzene rings is 6. The van der Waals surface area contributed by atoms with Crippen molar-refractivity contribution in [3.05, 3.63) is 175 Å². The topological polar surface area (TPSA) is 37.4 Å². The molecule has 0 amide bonds. The molecule has 0 aliphatic carbocycles. The Morgan fingerprint density at radius 2 is 1.38 bits per heavy atom. The third kappa shape index (κ3) is 5.58. The van der Waals surface area contributed by atoms with E-state index >= 15 is 0 Å². The number of fused-ring (bicyclic) bond motifs is 3. The van der Waals surface area contributed by atoms with Crippen molar-refractivity contribution in [2.24, 2.45) is 0 Å². The summed E-state index contributed by atoms with van der Waals surface area (Å²) in [5, 5.41) is 2.70. The molecule has 270 valence electrons. The number of anilines is 4. The zero-order valence-electron chi connectivity index (χ0n) is 30.9. The number of aryl methyl sites for hydroxylation is 2. The van der Waals surface area contributed by atoms with Crippen LogP contribution in [-0.4, -0.2) is 24.6 Å². The van der Waals surface area contributed by atoms with Crippen molar-refractivity contribution in [3.63, 3.8) is 0 Å². The van der Waals surface area contributed by atoms with Crippen molar-refractivity contribution in [3.8, 4) is 22.9 Å². The predicted molar refractivity (Wildman–Crippen MR) is 221 cm³/mol. The third-order valence-electron chi connectivity index (χ3n) is 11.0. The first-order valence-electron chi connectivity index (χ1n) is 18.4. The number of rotatable bonds is 6. The van der Waals surface area contributed by atoms with Crippen LogP contribution < -0.4 is 34.8 Å². The largest absolute Gasteiger partial charge is 0.510 e. The molecule has 10 rings (SSSR count). The van der Waals surface area contributed by atoms with Crippen molar-refractivity contribution in [2.75, 3.05) is 9.62 Å². The van der Waals surface area contributed by atoms with Gasteiger partial charge in [0.05, 0.1) is 22.4 Å². The average Bonchev–Trinajstić information content (AvgIpc) is 3.75. The number of para-hydroxylation sites is 3.